The van der Waals surface area contributed by atoms with Crippen molar-refractivity contribution in [3.63, 3.8) is 0 Å². The molecule has 0 radical (unpaired) electrons. The highest BCUT2D eigenvalue weighted by molar-refractivity contribution is 5.92. The molecule has 21 heavy (non-hydrogen) atoms. The van der Waals surface area contributed by atoms with Crippen LogP contribution in [-0.2, 0) is 6.54 Å². The molecular weight excluding hydrogens is 266 g/mol. The molecule has 2 rings (SSSR count). The van der Waals surface area contributed by atoms with Crippen molar-refractivity contribution in [2.45, 2.75) is 26.8 Å². The number of hydrogen-bond acceptors (Lipinski definition) is 5. The second-order valence-electron chi connectivity index (χ2n) is 4.70. The van der Waals surface area contributed by atoms with Crippen LogP contribution in [0.4, 0.5) is 5.82 Å². The van der Waals surface area contributed by atoms with Crippen LogP contribution in [0, 0.1) is 6.92 Å². The average Bonchev–Trinajstić information content (AvgIpc) is 2.52. The van der Waals surface area contributed by atoms with Gasteiger partial charge in [-0.1, -0.05) is 6.92 Å². The predicted molar refractivity (Wildman–Crippen MR) is 81.0 cm³/mol. The Hall–Kier alpha value is -2.50. The van der Waals surface area contributed by atoms with Crippen molar-refractivity contribution in [1.82, 2.24) is 20.3 Å². The second-order valence-corrected chi connectivity index (χ2v) is 4.70. The topological polar surface area (TPSA) is 79.8 Å². The normalized spacial score (nSPS) is 10.2. The Balaban J connectivity index is 1.98. The SMILES string of the molecule is CCCNc1cncc(C(=O)NCc2cnccc2C)n1. The molecule has 0 aromatic carbocycles. The Morgan fingerprint density at radius 1 is 1.24 bits per heavy atom. The molecule has 0 aliphatic carbocycles. The van der Waals surface area contributed by atoms with Crippen molar-refractivity contribution in [1.29, 1.82) is 0 Å². The van der Waals surface area contributed by atoms with Crippen molar-refractivity contribution >= 4 is 11.7 Å². The van der Waals surface area contributed by atoms with E-state index in [1.807, 2.05) is 13.0 Å². The van der Waals surface area contributed by atoms with Crippen LogP contribution in [0.3, 0.4) is 0 Å². The van der Waals surface area contributed by atoms with E-state index in [0.717, 1.165) is 24.1 Å². The third-order valence-corrected chi connectivity index (χ3v) is 3.01. The van der Waals surface area contributed by atoms with Crippen molar-refractivity contribution < 1.29 is 4.79 Å². The second kappa shape index (κ2) is 7.33. The number of anilines is 1. The van der Waals surface area contributed by atoms with Gasteiger partial charge >= 0.3 is 0 Å². The summed E-state index contributed by atoms with van der Waals surface area (Å²) in [6.45, 7) is 5.27. The lowest BCUT2D eigenvalue weighted by molar-refractivity contribution is 0.0945. The molecule has 0 aliphatic heterocycles. The Morgan fingerprint density at radius 3 is 2.86 bits per heavy atom. The first-order valence-electron chi connectivity index (χ1n) is 6.94. The molecule has 6 nitrogen and oxygen atoms in total. The van der Waals surface area contributed by atoms with E-state index in [2.05, 4.69) is 32.5 Å². The fraction of sp³-hybridized carbons (Fsp3) is 0.333. The monoisotopic (exact) mass is 285 g/mol. The summed E-state index contributed by atoms with van der Waals surface area (Å²) >= 11 is 0. The Kier molecular flexibility index (Phi) is 5.20. The lowest BCUT2D eigenvalue weighted by Crippen LogP contribution is -2.24. The van der Waals surface area contributed by atoms with E-state index in [9.17, 15) is 4.79 Å². The lowest BCUT2D eigenvalue weighted by Gasteiger charge is -2.08. The summed E-state index contributed by atoms with van der Waals surface area (Å²) in [4.78, 5) is 24.4. The highest BCUT2D eigenvalue weighted by Gasteiger charge is 2.09. The molecular formula is C15H19N5O. The fourth-order valence-electron chi connectivity index (χ4n) is 1.76. The molecule has 0 saturated heterocycles. The summed E-state index contributed by atoms with van der Waals surface area (Å²) in [6.07, 6.45) is 7.54. The predicted octanol–water partition coefficient (Wildman–Crippen LogP) is 1.93. The summed E-state index contributed by atoms with van der Waals surface area (Å²) in [6, 6.07) is 1.91. The molecule has 1 amide bonds. The maximum atomic E-state index is 12.1. The number of nitrogens with one attached hydrogen (secondary N) is 2. The molecule has 0 fully saturated rings. The Morgan fingerprint density at radius 2 is 2.10 bits per heavy atom. The summed E-state index contributed by atoms with van der Waals surface area (Å²) in [5.74, 6) is 0.368. The minimum Gasteiger partial charge on any atom is -0.369 e. The van der Waals surface area contributed by atoms with E-state index >= 15 is 0 Å². The largest absolute Gasteiger partial charge is 0.369 e. The average molecular weight is 285 g/mol. The first-order chi connectivity index (χ1) is 10.2. The van der Waals surface area contributed by atoms with Crippen LogP contribution in [-0.4, -0.2) is 27.4 Å². The van der Waals surface area contributed by atoms with Crippen LogP contribution in [0.2, 0.25) is 0 Å². The maximum absolute atomic E-state index is 12.1. The van der Waals surface area contributed by atoms with Gasteiger partial charge in [0.05, 0.1) is 12.4 Å². The van der Waals surface area contributed by atoms with E-state index in [0.29, 0.717) is 18.1 Å². The highest BCUT2D eigenvalue weighted by atomic mass is 16.1. The van der Waals surface area contributed by atoms with Gasteiger partial charge in [-0.25, -0.2) is 4.98 Å². The van der Waals surface area contributed by atoms with Crippen LogP contribution >= 0.6 is 0 Å². The molecule has 0 spiro atoms. The van der Waals surface area contributed by atoms with Gasteiger partial charge in [0.2, 0.25) is 0 Å². The van der Waals surface area contributed by atoms with E-state index < -0.39 is 0 Å². The fourth-order valence-corrected chi connectivity index (χ4v) is 1.76. The molecule has 0 unspecified atom stereocenters. The summed E-state index contributed by atoms with van der Waals surface area (Å²) in [7, 11) is 0. The molecule has 2 aromatic rings. The van der Waals surface area contributed by atoms with Crippen molar-refractivity contribution in [2.75, 3.05) is 11.9 Å². The third-order valence-electron chi connectivity index (χ3n) is 3.01. The minimum atomic E-state index is -0.245. The number of aromatic nitrogens is 3. The zero-order chi connectivity index (χ0) is 15.1. The van der Waals surface area contributed by atoms with Gasteiger partial charge in [0.25, 0.3) is 5.91 Å². The van der Waals surface area contributed by atoms with Gasteiger partial charge < -0.3 is 10.6 Å². The number of rotatable bonds is 6. The smallest absolute Gasteiger partial charge is 0.271 e. The molecule has 0 aliphatic rings. The Labute approximate surface area is 124 Å². The molecule has 6 heteroatoms. The van der Waals surface area contributed by atoms with Gasteiger partial charge in [-0.3, -0.25) is 14.8 Å². The molecule has 0 saturated carbocycles. The van der Waals surface area contributed by atoms with E-state index in [1.165, 1.54) is 6.20 Å². The summed E-state index contributed by atoms with van der Waals surface area (Å²) in [5.41, 5.74) is 2.38. The van der Waals surface area contributed by atoms with Crippen LogP contribution in [0.25, 0.3) is 0 Å². The quantitative estimate of drug-likeness (QED) is 0.847. The molecule has 2 aromatic heterocycles. The van der Waals surface area contributed by atoms with Crippen LogP contribution < -0.4 is 10.6 Å². The van der Waals surface area contributed by atoms with Crippen LogP contribution in [0.1, 0.15) is 35.0 Å². The molecule has 0 atom stereocenters. The van der Waals surface area contributed by atoms with E-state index in [-0.39, 0.29) is 5.91 Å². The van der Waals surface area contributed by atoms with Crippen LogP contribution in [0.5, 0.6) is 0 Å². The maximum Gasteiger partial charge on any atom is 0.271 e. The number of nitrogens with zero attached hydrogens (tertiary/aromatic N) is 3. The lowest BCUT2D eigenvalue weighted by atomic mass is 10.1. The van der Waals surface area contributed by atoms with Gasteiger partial charge in [-0.15, -0.1) is 0 Å². The van der Waals surface area contributed by atoms with Crippen molar-refractivity contribution in [2.24, 2.45) is 0 Å². The molecule has 0 bridgehead atoms. The minimum absolute atomic E-state index is 0.245. The van der Waals surface area contributed by atoms with Gasteiger partial charge in [-0.05, 0) is 30.5 Å². The summed E-state index contributed by atoms with van der Waals surface area (Å²) in [5, 5.41) is 5.94. The molecule has 2 N–H and O–H groups in total. The van der Waals surface area contributed by atoms with Gasteiger partial charge in [0.15, 0.2) is 0 Å². The zero-order valence-electron chi connectivity index (χ0n) is 12.3. The number of pyridine rings is 1. The molecule has 2 heterocycles. The standard InChI is InChI=1S/C15H19N5O/c1-3-5-18-14-10-17-9-13(20-14)15(21)19-8-12-7-16-6-4-11(12)2/h4,6-7,9-10H,3,5,8H2,1-2H3,(H,18,20)(H,19,21). The first kappa shape index (κ1) is 14.9. The van der Waals surface area contributed by atoms with Crippen LogP contribution in [0.15, 0.2) is 30.9 Å². The van der Waals surface area contributed by atoms with Crippen molar-refractivity contribution in [3.05, 3.63) is 47.7 Å². The van der Waals surface area contributed by atoms with Gasteiger partial charge in [0.1, 0.15) is 11.5 Å². The number of amides is 1. The van der Waals surface area contributed by atoms with E-state index in [4.69, 9.17) is 0 Å². The highest BCUT2D eigenvalue weighted by Crippen LogP contribution is 2.06. The zero-order valence-corrected chi connectivity index (χ0v) is 12.3. The van der Waals surface area contributed by atoms with Crippen molar-refractivity contribution in [3.8, 4) is 0 Å². The Bertz CT molecular complexity index is 615. The number of carbonyl (C=O) groups is 1. The number of carbonyl (C=O) groups excluding carboxylic acids is 1. The van der Waals surface area contributed by atoms with Gasteiger partial charge in [-0.2, -0.15) is 0 Å². The summed E-state index contributed by atoms with van der Waals surface area (Å²) < 4.78 is 0. The number of hydrogen-bond donors (Lipinski definition) is 2. The third kappa shape index (κ3) is 4.24. The van der Waals surface area contributed by atoms with E-state index in [1.54, 1.807) is 18.6 Å². The first-order valence-corrected chi connectivity index (χ1v) is 6.94. The van der Waals surface area contributed by atoms with Gasteiger partial charge in [0, 0.05) is 25.5 Å². The molecule has 110 valence electrons. The number of aryl methyl sites for hydroxylation is 1.